The fraction of sp³-hybridized carbons (Fsp3) is 0.846. The minimum Gasteiger partial charge on any atom is -0.339 e. The monoisotopic (exact) mass is 237 g/mol. The van der Waals surface area contributed by atoms with Crippen LogP contribution in [0.15, 0.2) is 0 Å². The molecule has 0 aromatic heterocycles. The van der Waals surface area contributed by atoms with Crippen molar-refractivity contribution >= 4 is 5.91 Å². The van der Waals surface area contributed by atoms with Crippen LogP contribution in [-0.4, -0.2) is 36.5 Å². The molecule has 1 fully saturated rings. The van der Waals surface area contributed by atoms with Crippen molar-refractivity contribution in [2.45, 2.75) is 45.6 Å². The second-order valence-electron chi connectivity index (χ2n) is 4.99. The van der Waals surface area contributed by atoms with Gasteiger partial charge in [0, 0.05) is 19.0 Å². The third-order valence-corrected chi connectivity index (χ3v) is 3.33. The number of nitrogens with zero attached hydrogens (tertiary/aromatic N) is 2. The van der Waals surface area contributed by atoms with Crippen molar-refractivity contribution in [3.8, 4) is 6.07 Å². The highest BCUT2D eigenvalue weighted by molar-refractivity contribution is 5.76. The Bertz CT molecular complexity index is 277. The smallest absolute Gasteiger partial charge is 0.223 e. The second-order valence-corrected chi connectivity index (χ2v) is 4.99. The number of carbonyl (C=O) groups excluding carboxylic acids is 1. The third kappa shape index (κ3) is 4.74. The number of nitriles is 1. The Hall–Kier alpha value is -1.08. The standard InChI is InChI=1S/C13H23N3O/c1-11(2)16(9-3-6-14)13(17)10-12-4-7-15-8-5-12/h11-12,15H,3-5,7-10H2,1-2H3. The number of carbonyl (C=O) groups is 1. The van der Waals surface area contributed by atoms with Crippen molar-refractivity contribution in [2.24, 2.45) is 5.92 Å². The lowest BCUT2D eigenvalue weighted by Gasteiger charge is -2.29. The van der Waals surface area contributed by atoms with Crippen molar-refractivity contribution in [1.82, 2.24) is 10.2 Å². The maximum atomic E-state index is 12.2. The van der Waals surface area contributed by atoms with Gasteiger partial charge in [0.05, 0.1) is 12.5 Å². The van der Waals surface area contributed by atoms with E-state index >= 15 is 0 Å². The molecule has 1 aliphatic rings. The first-order valence-corrected chi connectivity index (χ1v) is 6.52. The van der Waals surface area contributed by atoms with Crippen LogP contribution in [0.25, 0.3) is 0 Å². The van der Waals surface area contributed by atoms with Crippen LogP contribution in [0.5, 0.6) is 0 Å². The van der Waals surface area contributed by atoms with Crippen molar-refractivity contribution in [3.63, 3.8) is 0 Å². The van der Waals surface area contributed by atoms with Gasteiger partial charge in [0.25, 0.3) is 0 Å². The molecule has 1 amide bonds. The Morgan fingerprint density at radius 3 is 2.65 bits per heavy atom. The lowest BCUT2D eigenvalue weighted by molar-refractivity contribution is -0.134. The molecule has 0 radical (unpaired) electrons. The van der Waals surface area contributed by atoms with Crippen LogP contribution in [-0.2, 0) is 4.79 Å². The predicted octanol–water partition coefficient (Wildman–Crippen LogP) is 1.53. The molecule has 0 spiro atoms. The van der Waals surface area contributed by atoms with Gasteiger partial charge in [0.1, 0.15) is 0 Å². The van der Waals surface area contributed by atoms with E-state index in [-0.39, 0.29) is 11.9 Å². The van der Waals surface area contributed by atoms with Crippen molar-refractivity contribution in [3.05, 3.63) is 0 Å². The van der Waals surface area contributed by atoms with Gasteiger partial charge in [0.2, 0.25) is 5.91 Å². The molecule has 0 aromatic rings. The number of piperidine rings is 1. The van der Waals surface area contributed by atoms with E-state index in [0.717, 1.165) is 25.9 Å². The van der Waals surface area contributed by atoms with Crippen LogP contribution >= 0.6 is 0 Å². The largest absolute Gasteiger partial charge is 0.339 e. The summed E-state index contributed by atoms with van der Waals surface area (Å²) < 4.78 is 0. The van der Waals surface area contributed by atoms with Crippen LogP contribution in [0.4, 0.5) is 0 Å². The molecule has 1 heterocycles. The summed E-state index contributed by atoms with van der Waals surface area (Å²) in [7, 11) is 0. The first-order chi connectivity index (χ1) is 8.15. The van der Waals surface area contributed by atoms with Gasteiger partial charge in [0.15, 0.2) is 0 Å². The zero-order valence-electron chi connectivity index (χ0n) is 10.9. The summed E-state index contributed by atoms with van der Waals surface area (Å²) in [5, 5.41) is 11.9. The van der Waals surface area contributed by atoms with Gasteiger partial charge in [-0.25, -0.2) is 0 Å². The van der Waals surface area contributed by atoms with Crippen LogP contribution in [0.1, 0.15) is 39.5 Å². The average Bonchev–Trinajstić information content (AvgIpc) is 2.30. The Morgan fingerprint density at radius 2 is 2.12 bits per heavy atom. The summed E-state index contributed by atoms with van der Waals surface area (Å²) >= 11 is 0. The molecule has 1 aliphatic heterocycles. The van der Waals surface area contributed by atoms with Gasteiger partial charge in [-0.05, 0) is 45.7 Å². The topological polar surface area (TPSA) is 56.1 Å². The molecule has 1 rings (SSSR count). The first-order valence-electron chi connectivity index (χ1n) is 6.52. The van der Waals surface area contributed by atoms with E-state index in [1.807, 2.05) is 18.7 Å². The molecular weight excluding hydrogens is 214 g/mol. The van der Waals surface area contributed by atoms with Crippen molar-refractivity contribution < 1.29 is 4.79 Å². The molecule has 1 N–H and O–H groups in total. The van der Waals surface area contributed by atoms with Crippen LogP contribution in [0.2, 0.25) is 0 Å². The molecule has 0 atom stereocenters. The summed E-state index contributed by atoms with van der Waals surface area (Å²) in [6.45, 7) is 6.64. The molecular formula is C13H23N3O. The maximum absolute atomic E-state index is 12.2. The Labute approximate surface area is 104 Å². The maximum Gasteiger partial charge on any atom is 0.223 e. The zero-order valence-corrected chi connectivity index (χ0v) is 10.9. The van der Waals surface area contributed by atoms with E-state index in [9.17, 15) is 4.79 Å². The van der Waals surface area contributed by atoms with Gasteiger partial charge in [-0.15, -0.1) is 0 Å². The molecule has 96 valence electrons. The summed E-state index contributed by atoms with van der Waals surface area (Å²) in [6.07, 6.45) is 3.26. The van der Waals surface area contributed by atoms with E-state index < -0.39 is 0 Å². The Morgan fingerprint density at radius 1 is 1.47 bits per heavy atom. The van der Waals surface area contributed by atoms with Gasteiger partial charge >= 0.3 is 0 Å². The molecule has 0 bridgehead atoms. The SMILES string of the molecule is CC(C)N(CCC#N)C(=O)CC1CCNCC1. The lowest BCUT2D eigenvalue weighted by atomic mass is 9.94. The highest BCUT2D eigenvalue weighted by Crippen LogP contribution is 2.18. The fourth-order valence-electron chi connectivity index (χ4n) is 2.29. The summed E-state index contributed by atoms with van der Waals surface area (Å²) in [5.41, 5.74) is 0. The highest BCUT2D eigenvalue weighted by Gasteiger charge is 2.22. The quantitative estimate of drug-likeness (QED) is 0.789. The van der Waals surface area contributed by atoms with Crippen LogP contribution in [0, 0.1) is 17.2 Å². The molecule has 4 nitrogen and oxygen atoms in total. The average molecular weight is 237 g/mol. The predicted molar refractivity (Wildman–Crippen MR) is 67.3 cm³/mol. The van der Waals surface area contributed by atoms with E-state index in [1.54, 1.807) is 0 Å². The summed E-state index contributed by atoms with van der Waals surface area (Å²) in [4.78, 5) is 14.0. The molecule has 0 unspecified atom stereocenters. The molecule has 0 aromatic carbocycles. The number of hydrogen-bond donors (Lipinski definition) is 1. The summed E-state index contributed by atoms with van der Waals surface area (Å²) in [6, 6.07) is 2.30. The number of hydrogen-bond acceptors (Lipinski definition) is 3. The van der Waals surface area contributed by atoms with Crippen molar-refractivity contribution in [1.29, 1.82) is 5.26 Å². The molecule has 1 saturated heterocycles. The van der Waals surface area contributed by atoms with Crippen molar-refractivity contribution in [2.75, 3.05) is 19.6 Å². The lowest BCUT2D eigenvalue weighted by Crippen LogP contribution is -2.39. The van der Waals surface area contributed by atoms with E-state index in [4.69, 9.17) is 5.26 Å². The van der Waals surface area contributed by atoms with Crippen LogP contribution < -0.4 is 5.32 Å². The van der Waals surface area contributed by atoms with Gasteiger partial charge < -0.3 is 10.2 Å². The van der Waals surface area contributed by atoms with E-state index in [1.165, 1.54) is 0 Å². The molecule has 4 heteroatoms. The normalized spacial score (nSPS) is 16.8. The minimum absolute atomic E-state index is 0.192. The van der Waals surface area contributed by atoms with E-state index in [0.29, 0.717) is 25.3 Å². The second kappa shape index (κ2) is 7.29. The zero-order chi connectivity index (χ0) is 12.7. The summed E-state index contributed by atoms with van der Waals surface area (Å²) in [5.74, 6) is 0.731. The molecule has 0 aliphatic carbocycles. The highest BCUT2D eigenvalue weighted by atomic mass is 16.2. The molecule has 0 saturated carbocycles. The number of rotatable bonds is 5. The third-order valence-electron chi connectivity index (χ3n) is 3.33. The minimum atomic E-state index is 0.192. The first kappa shape index (κ1) is 14.0. The fourth-order valence-corrected chi connectivity index (χ4v) is 2.29. The number of nitrogens with one attached hydrogen (secondary N) is 1. The van der Waals surface area contributed by atoms with E-state index in [2.05, 4.69) is 11.4 Å². The molecule has 17 heavy (non-hydrogen) atoms. The van der Waals surface area contributed by atoms with Gasteiger partial charge in [-0.3, -0.25) is 4.79 Å². The Kier molecular flexibility index (Phi) is 5.99. The van der Waals surface area contributed by atoms with Crippen LogP contribution in [0.3, 0.4) is 0 Å². The number of amides is 1. The Balaban J connectivity index is 2.43. The van der Waals surface area contributed by atoms with Gasteiger partial charge in [-0.2, -0.15) is 5.26 Å². The van der Waals surface area contributed by atoms with Gasteiger partial charge in [-0.1, -0.05) is 0 Å².